The number of rotatable bonds is 0. The molecule has 5 rings (SSSR count). The average molecular weight is 323 g/mol. The molecular formula is C18H11ClN2O2. The first kappa shape index (κ1) is 12.9. The second-order valence-corrected chi connectivity index (χ2v) is 6.29. The molecule has 0 bridgehead atoms. The molecule has 0 unspecified atom stereocenters. The van der Waals surface area contributed by atoms with E-state index in [0.29, 0.717) is 34.3 Å². The zero-order valence-electron chi connectivity index (χ0n) is 12.0. The summed E-state index contributed by atoms with van der Waals surface area (Å²) in [5.74, 6) is 0.111. The van der Waals surface area contributed by atoms with Gasteiger partial charge in [-0.05, 0) is 36.8 Å². The maximum Gasteiger partial charge on any atom is 0.279 e. The molecule has 0 saturated heterocycles. The number of fused-ring (bicyclic) bond motifs is 8. The van der Waals surface area contributed by atoms with Gasteiger partial charge in [-0.15, -0.1) is 0 Å². The average Bonchev–Trinajstić information content (AvgIpc) is 3.07. The highest BCUT2D eigenvalue weighted by molar-refractivity contribution is 6.31. The molecule has 0 aliphatic heterocycles. The van der Waals surface area contributed by atoms with E-state index in [0.717, 1.165) is 16.6 Å². The quantitative estimate of drug-likeness (QED) is 0.497. The minimum absolute atomic E-state index is 0.0740. The molecule has 0 spiro atoms. The van der Waals surface area contributed by atoms with Crippen molar-refractivity contribution in [1.29, 1.82) is 0 Å². The summed E-state index contributed by atoms with van der Waals surface area (Å²) in [5, 5.41) is 1.97. The van der Waals surface area contributed by atoms with Crippen LogP contribution in [0.25, 0.3) is 21.8 Å². The molecule has 0 N–H and O–H groups in total. The topological polar surface area (TPSA) is 43.0 Å². The summed E-state index contributed by atoms with van der Waals surface area (Å²) in [6.07, 6.45) is 1.11. The lowest BCUT2D eigenvalue weighted by molar-refractivity contribution is 0.0996. The van der Waals surface area contributed by atoms with Crippen LogP contribution >= 0.6 is 11.6 Å². The third kappa shape index (κ3) is 1.51. The first-order valence-corrected chi connectivity index (χ1v) is 7.84. The molecule has 2 heterocycles. The smallest absolute Gasteiger partial charge is 0.279 e. The van der Waals surface area contributed by atoms with Crippen LogP contribution in [0.2, 0.25) is 5.02 Å². The van der Waals surface area contributed by atoms with Gasteiger partial charge >= 0.3 is 0 Å². The van der Waals surface area contributed by atoms with E-state index in [2.05, 4.69) is 0 Å². The molecule has 0 saturated carbocycles. The van der Waals surface area contributed by atoms with Crippen molar-refractivity contribution < 1.29 is 4.79 Å². The number of para-hydroxylation sites is 1. The summed E-state index contributed by atoms with van der Waals surface area (Å²) in [4.78, 5) is 25.3. The molecule has 5 heteroatoms. The van der Waals surface area contributed by atoms with Crippen molar-refractivity contribution in [3.8, 4) is 0 Å². The fourth-order valence-electron chi connectivity index (χ4n) is 3.69. The van der Waals surface area contributed by atoms with E-state index in [1.54, 1.807) is 16.6 Å². The Bertz CT molecular complexity index is 1220. The number of carbonyl (C=O) groups excluding carboxylic acids is 1. The monoisotopic (exact) mass is 322 g/mol. The van der Waals surface area contributed by atoms with Crippen molar-refractivity contribution in [3.05, 3.63) is 69.1 Å². The van der Waals surface area contributed by atoms with Crippen molar-refractivity contribution in [2.75, 3.05) is 0 Å². The molecule has 23 heavy (non-hydrogen) atoms. The Labute approximate surface area is 135 Å². The normalized spacial score (nSPS) is 14.2. The van der Waals surface area contributed by atoms with Crippen LogP contribution in [-0.2, 0) is 6.42 Å². The Kier molecular flexibility index (Phi) is 2.38. The van der Waals surface area contributed by atoms with Crippen LogP contribution in [0.3, 0.4) is 0 Å². The van der Waals surface area contributed by atoms with Crippen molar-refractivity contribution in [2.24, 2.45) is 0 Å². The minimum Gasteiger partial charge on any atom is -0.294 e. The van der Waals surface area contributed by atoms with Crippen LogP contribution in [0.4, 0.5) is 0 Å². The highest BCUT2D eigenvalue weighted by Crippen LogP contribution is 2.32. The Morgan fingerprint density at radius 1 is 0.870 bits per heavy atom. The van der Waals surface area contributed by atoms with Crippen LogP contribution in [0.5, 0.6) is 0 Å². The standard InChI is InChI=1S/C18H11ClN2O2/c19-10-5-6-14-12(9-10)17-15(7-8-16(17)22)20-13-4-2-1-3-11(13)18(23)21(14)20/h1-6,9H,7-8H2. The molecule has 2 aromatic heterocycles. The van der Waals surface area contributed by atoms with Crippen molar-refractivity contribution in [2.45, 2.75) is 12.8 Å². The molecule has 112 valence electrons. The zero-order chi connectivity index (χ0) is 15.7. The number of ketones is 1. The molecule has 4 nitrogen and oxygen atoms in total. The third-order valence-electron chi connectivity index (χ3n) is 4.62. The molecule has 0 atom stereocenters. The summed E-state index contributed by atoms with van der Waals surface area (Å²) in [6.45, 7) is 0. The van der Waals surface area contributed by atoms with Gasteiger partial charge in [0.2, 0.25) is 0 Å². The number of Topliss-reactive ketones (excluding diaryl/α,β-unsaturated/α-hetero) is 1. The number of carbonyl (C=O) groups is 1. The van der Waals surface area contributed by atoms with Crippen LogP contribution in [0.1, 0.15) is 22.5 Å². The molecular weight excluding hydrogens is 312 g/mol. The number of hydrogen-bond donors (Lipinski definition) is 0. The first-order valence-electron chi connectivity index (χ1n) is 7.46. The minimum atomic E-state index is -0.0740. The largest absolute Gasteiger partial charge is 0.294 e. The highest BCUT2D eigenvalue weighted by Gasteiger charge is 2.28. The SMILES string of the molecule is O=C1CCc2c1c1cc(Cl)ccc1n1c(=O)c3ccccc3n21. The number of halogens is 1. The fraction of sp³-hybridized carbons (Fsp3) is 0.111. The molecule has 1 aliphatic rings. The highest BCUT2D eigenvalue weighted by atomic mass is 35.5. The number of nitrogens with zero attached hydrogens (tertiary/aromatic N) is 2. The maximum absolute atomic E-state index is 12.9. The summed E-state index contributed by atoms with van der Waals surface area (Å²) in [5.41, 5.74) is 3.06. The predicted octanol–water partition coefficient (Wildman–Crippen LogP) is 3.49. The summed E-state index contributed by atoms with van der Waals surface area (Å²) in [6, 6.07) is 12.8. The van der Waals surface area contributed by atoms with E-state index in [1.165, 1.54) is 0 Å². The lowest BCUT2D eigenvalue weighted by Gasteiger charge is -2.11. The van der Waals surface area contributed by atoms with Crippen LogP contribution in [0, 0.1) is 0 Å². The van der Waals surface area contributed by atoms with Gasteiger partial charge in [0.1, 0.15) is 0 Å². The molecule has 0 fully saturated rings. The third-order valence-corrected chi connectivity index (χ3v) is 4.86. The Hall–Kier alpha value is -2.59. The maximum atomic E-state index is 12.9. The van der Waals surface area contributed by atoms with Gasteiger partial charge in [-0.25, -0.2) is 9.03 Å². The van der Waals surface area contributed by atoms with Gasteiger partial charge in [0, 0.05) is 22.4 Å². The van der Waals surface area contributed by atoms with Gasteiger partial charge < -0.3 is 0 Å². The van der Waals surface area contributed by atoms with Gasteiger partial charge in [0.25, 0.3) is 5.56 Å². The molecule has 1 aliphatic carbocycles. The Morgan fingerprint density at radius 3 is 2.52 bits per heavy atom. The lowest BCUT2D eigenvalue weighted by atomic mass is 10.1. The second kappa shape index (κ2) is 4.24. The number of aromatic nitrogens is 2. The summed E-state index contributed by atoms with van der Waals surface area (Å²) >= 11 is 6.13. The van der Waals surface area contributed by atoms with E-state index in [4.69, 9.17) is 11.6 Å². The van der Waals surface area contributed by atoms with Gasteiger partial charge in [-0.1, -0.05) is 23.7 Å². The van der Waals surface area contributed by atoms with Gasteiger partial charge in [-0.3, -0.25) is 9.59 Å². The van der Waals surface area contributed by atoms with E-state index in [-0.39, 0.29) is 11.3 Å². The second-order valence-electron chi connectivity index (χ2n) is 5.85. The Balaban J connectivity index is 2.21. The van der Waals surface area contributed by atoms with Crippen LogP contribution in [-0.4, -0.2) is 14.8 Å². The van der Waals surface area contributed by atoms with Crippen molar-refractivity contribution >= 4 is 39.2 Å². The van der Waals surface area contributed by atoms with Gasteiger partial charge in [0.05, 0.1) is 22.1 Å². The lowest BCUT2D eigenvalue weighted by Crippen LogP contribution is -2.16. The van der Waals surface area contributed by atoms with E-state index >= 15 is 0 Å². The molecule has 0 radical (unpaired) electrons. The number of benzene rings is 2. The predicted molar refractivity (Wildman–Crippen MR) is 89.8 cm³/mol. The van der Waals surface area contributed by atoms with Crippen LogP contribution < -0.4 is 5.56 Å². The molecule has 4 aromatic rings. The van der Waals surface area contributed by atoms with E-state index < -0.39 is 0 Å². The fourth-order valence-corrected chi connectivity index (χ4v) is 3.86. The van der Waals surface area contributed by atoms with Crippen molar-refractivity contribution in [3.63, 3.8) is 0 Å². The molecule has 2 aromatic carbocycles. The Morgan fingerprint density at radius 2 is 1.65 bits per heavy atom. The number of hydrogen-bond acceptors (Lipinski definition) is 2. The van der Waals surface area contributed by atoms with Gasteiger partial charge in [-0.2, -0.15) is 0 Å². The first-order chi connectivity index (χ1) is 11.2. The summed E-state index contributed by atoms with van der Waals surface area (Å²) < 4.78 is 3.56. The zero-order valence-corrected chi connectivity index (χ0v) is 12.8. The van der Waals surface area contributed by atoms with E-state index in [1.807, 2.05) is 34.8 Å². The number of aryl methyl sites for hydroxylation is 1. The van der Waals surface area contributed by atoms with Crippen molar-refractivity contribution in [1.82, 2.24) is 9.03 Å². The van der Waals surface area contributed by atoms with E-state index in [9.17, 15) is 9.59 Å². The molecule has 0 amide bonds. The van der Waals surface area contributed by atoms with Crippen LogP contribution in [0.15, 0.2) is 47.3 Å². The van der Waals surface area contributed by atoms with Gasteiger partial charge in [0.15, 0.2) is 5.78 Å². The summed E-state index contributed by atoms with van der Waals surface area (Å²) in [7, 11) is 0.